The Bertz CT molecular complexity index is 1310. The van der Waals surface area contributed by atoms with Gasteiger partial charge in [-0.15, -0.1) is 0 Å². The van der Waals surface area contributed by atoms with E-state index in [1.54, 1.807) is 31.2 Å². The van der Waals surface area contributed by atoms with Crippen LogP contribution in [-0.4, -0.2) is 20.9 Å². The first-order valence-electron chi connectivity index (χ1n) is 8.60. The number of H-pyrrole nitrogens is 1. The molecule has 6 nitrogen and oxygen atoms in total. The molecule has 0 spiro atoms. The van der Waals surface area contributed by atoms with Crippen molar-refractivity contribution >= 4 is 28.5 Å². The van der Waals surface area contributed by atoms with Crippen molar-refractivity contribution in [3.05, 3.63) is 81.1 Å². The smallest absolute Gasteiger partial charge is 0.265 e. The van der Waals surface area contributed by atoms with E-state index in [1.807, 2.05) is 6.07 Å². The zero-order chi connectivity index (χ0) is 20.7. The fourth-order valence-electron chi connectivity index (χ4n) is 3.13. The molecule has 3 aromatic heterocycles. The van der Waals surface area contributed by atoms with E-state index in [1.165, 1.54) is 12.1 Å². The Morgan fingerprint density at radius 3 is 2.45 bits per heavy atom. The summed E-state index contributed by atoms with van der Waals surface area (Å²) in [5.41, 5.74) is 8.17. The number of nitrogens with one attached hydrogen (secondary N) is 1. The lowest BCUT2D eigenvalue weighted by molar-refractivity contribution is 0.0996. The molecule has 29 heavy (non-hydrogen) atoms. The molecule has 8 heteroatoms. The van der Waals surface area contributed by atoms with Gasteiger partial charge in [0.25, 0.3) is 5.91 Å². The van der Waals surface area contributed by atoms with E-state index in [4.69, 9.17) is 17.3 Å². The quantitative estimate of drug-likeness (QED) is 0.502. The predicted octanol–water partition coefficient (Wildman–Crippen LogP) is 3.85. The molecule has 0 saturated heterocycles. The summed E-state index contributed by atoms with van der Waals surface area (Å²) in [6, 6.07) is 12.1. The standard InChI is InChI=1S/C21H14ClFN4O2/c1-10-6-12(7-18(22)25-10)14-8-15-17(28)9-16(20(24)29)26-21(15)27-19(14)11-2-4-13(23)5-3-11/h2-9H,1H3,(H2,24,29)(H,26,27,28). The molecule has 1 amide bonds. The highest BCUT2D eigenvalue weighted by Crippen LogP contribution is 2.33. The van der Waals surface area contributed by atoms with Crippen LogP contribution < -0.4 is 11.2 Å². The number of rotatable bonds is 3. The number of benzene rings is 1. The van der Waals surface area contributed by atoms with Crippen molar-refractivity contribution in [2.45, 2.75) is 6.92 Å². The van der Waals surface area contributed by atoms with E-state index in [-0.39, 0.29) is 22.5 Å². The van der Waals surface area contributed by atoms with Crippen molar-refractivity contribution in [3.8, 4) is 22.4 Å². The van der Waals surface area contributed by atoms with E-state index in [9.17, 15) is 14.0 Å². The number of aromatic nitrogens is 3. The minimum Gasteiger partial charge on any atom is -0.364 e. The number of primary amides is 1. The van der Waals surface area contributed by atoms with Gasteiger partial charge in [0.1, 0.15) is 22.3 Å². The van der Waals surface area contributed by atoms with Crippen LogP contribution in [0, 0.1) is 12.7 Å². The second-order valence-corrected chi connectivity index (χ2v) is 6.91. The van der Waals surface area contributed by atoms with Crippen molar-refractivity contribution in [2.24, 2.45) is 5.73 Å². The Balaban J connectivity index is 2.09. The molecule has 0 bridgehead atoms. The fraction of sp³-hybridized carbons (Fsp3) is 0.0476. The van der Waals surface area contributed by atoms with E-state index in [0.717, 1.165) is 6.07 Å². The third-order valence-electron chi connectivity index (χ3n) is 4.43. The largest absolute Gasteiger partial charge is 0.364 e. The number of aromatic amines is 1. The average molecular weight is 409 g/mol. The monoisotopic (exact) mass is 408 g/mol. The van der Waals surface area contributed by atoms with Crippen LogP contribution in [0.1, 0.15) is 16.2 Å². The molecule has 0 atom stereocenters. The zero-order valence-electron chi connectivity index (χ0n) is 15.2. The molecule has 0 fully saturated rings. The molecule has 0 radical (unpaired) electrons. The molecular formula is C21H14ClFN4O2. The topological polar surface area (TPSA) is 102 Å². The van der Waals surface area contributed by atoms with Crippen molar-refractivity contribution in [2.75, 3.05) is 0 Å². The second kappa shape index (κ2) is 7.10. The molecule has 3 heterocycles. The highest BCUT2D eigenvalue weighted by Gasteiger charge is 2.16. The van der Waals surface area contributed by atoms with Crippen LogP contribution in [-0.2, 0) is 0 Å². The van der Waals surface area contributed by atoms with Gasteiger partial charge in [0.2, 0.25) is 0 Å². The summed E-state index contributed by atoms with van der Waals surface area (Å²) in [5, 5.41) is 0.574. The Morgan fingerprint density at radius 1 is 1.07 bits per heavy atom. The van der Waals surface area contributed by atoms with Crippen LogP contribution in [0.15, 0.2) is 53.3 Å². The maximum Gasteiger partial charge on any atom is 0.265 e. The molecule has 1 aromatic carbocycles. The highest BCUT2D eigenvalue weighted by atomic mass is 35.5. The number of halogens is 2. The second-order valence-electron chi connectivity index (χ2n) is 6.52. The first kappa shape index (κ1) is 18.8. The number of carbonyl (C=O) groups is 1. The third-order valence-corrected chi connectivity index (χ3v) is 4.63. The molecule has 0 saturated carbocycles. The average Bonchev–Trinajstić information content (AvgIpc) is 2.67. The molecule has 0 aliphatic heterocycles. The summed E-state index contributed by atoms with van der Waals surface area (Å²) in [4.78, 5) is 35.6. The van der Waals surface area contributed by atoms with Gasteiger partial charge in [-0.3, -0.25) is 9.59 Å². The molecule has 0 aliphatic carbocycles. The predicted molar refractivity (Wildman–Crippen MR) is 109 cm³/mol. The fourth-order valence-corrected chi connectivity index (χ4v) is 3.38. The van der Waals surface area contributed by atoms with Gasteiger partial charge in [-0.05, 0) is 55.0 Å². The number of amides is 1. The number of pyridine rings is 3. The van der Waals surface area contributed by atoms with E-state index in [2.05, 4.69) is 15.0 Å². The molecular weight excluding hydrogens is 395 g/mol. The maximum atomic E-state index is 13.4. The lowest BCUT2D eigenvalue weighted by Crippen LogP contribution is -2.17. The summed E-state index contributed by atoms with van der Waals surface area (Å²) in [6.07, 6.45) is 0. The number of aryl methyl sites for hydroxylation is 1. The number of hydrogen-bond donors (Lipinski definition) is 2. The first-order valence-corrected chi connectivity index (χ1v) is 8.98. The van der Waals surface area contributed by atoms with Crippen LogP contribution in [0.5, 0.6) is 0 Å². The lowest BCUT2D eigenvalue weighted by atomic mass is 9.98. The van der Waals surface area contributed by atoms with Crippen LogP contribution in [0.2, 0.25) is 5.15 Å². The number of hydrogen-bond acceptors (Lipinski definition) is 4. The van der Waals surface area contributed by atoms with Crippen molar-refractivity contribution in [1.82, 2.24) is 15.0 Å². The summed E-state index contributed by atoms with van der Waals surface area (Å²) < 4.78 is 13.4. The Kier molecular flexibility index (Phi) is 4.60. The Labute approximate surface area is 169 Å². The van der Waals surface area contributed by atoms with Crippen molar-refractivity contribution in [1.29, 1.82) is 0 Å². The molecule has 144 valence electrons. The van der Waals surface area contributed by atoms with Gasteiger partial charge in [0, 0.05) is 22.9 Å². The van der Waals surface area contributed by atoms with Crippen LogP contribution in [0.25, 0.3) is 33.4 Å². The normalized spacial score (nSPS) is 11.0. The van der Waals surface area contributed by atoms with Crippen LogP contribution >= 0.6 is 11.6 Å². The number of fused-ring (bicyclic) bond motifs is 1. The number of nitrogens with two attached hydrogens (primary N) is 1. The van der Waals surface area contributed by atoms with Crippen molar-refractivity contribution < 1.29 is 9.18 Å². The summed E-state index contributed by atoms with van der Waals surface area (Å²) in [7, 11) is 0. The van der Waals surface area contributed by atoms with E-state index in [0.29, 0.717) is 33.2 Å². The highest BCUT2D eigenvalue weighted by molar-refractivity contribution is 6.29. The molecule has 0 aliphatic rings. The molecule has 4 rings (SSSR count). The van der Waals surface area contributed by atoms with Gasteiger partial charge >= 0.3 is 0 Å². The summed E-state index contributed by atoms with van der Waals surface area (Å²) >= 11 is 6.12. The number of carbonyl (C=O) groups excluding carboxylic acids is 1. The molecule has 3 N–H and O–H groups in total. The third kappa shape index (κ3) is 3.60. The first-order chi connectivity index (χ1) is 13.8. The van der Waals surface area contributed by atoms with Gasteiger partial charge in [-0.2, -0.15) is 0 Å². The maximum absolute atomic E-state index is 13.4. The van der Waals surface area contributed by atoms with Gasteiger partial charge in [-0.1, -0.05) is 11.6 Å². The van der Waals surface area contributed by atoms with Crippen LogP contribution in [0.4, 0.5) is 4.39 Å². The van der Waals surface area contributed by atoms with Crippen LogP contribution in [0.3, 0.4) is 0 Å². The van der Waals surface area contributed by atoms with Gasteiger partial charge in [-0.25, -0.2) is 14.4 Å². The minimum absolute atomic E-state index is 0.0457. The summed E-state index contributed by atoms with van der Waals surface area (Å²) in [6.45, 7) is 1.80. The van der Waals surface area contributed by atoms with Gasteiger partial charge < -0.3 is 10.7 Å². The Hall–Kier alpha value is -3.58. The molecule has 4 aromatic rings. The molecule has 0 unspecified atom stereocenters. The minimum atomic E-state index is -0.769. The summed E-state index contributed by atoms with van der Waals surface area (Å²) in [5.74, 6) is -1.15. The van der Waals surface area contributed by atoms with E-state index >= 15 is 0 Å². The van der Waals surface area contributed by atoms with Gasteiger partial charge in [0.15, 0.2) is 5.43 Å². The van der Waals surface area contributed by atoms with Crippen molar-refractivity contribution in [3.63, 3.8) is 0 Å². The SMILES string of the molecule is Cc1cc(-c2cc3c(=O)cc(C(N)=O)[nH]c3nc2-c2ccc(F)cc2)cc(Cl)n1. The van der Waals surface area contributed by atoms with Gasteiger partial charge in [0.05, 0.1) is 11.1 Å². The van der Waals surface area contributed by atoms with E-state index < -0.39 is 11.3 Å². The zero-order valence-corrected chi connectivity index (χ0v) is 15.9. The lowest BCUT2D eigenvalue weighted by Gasteiger charge is -2.12. The Morgan fingerprint density at radius 2 is 1.79 bits per heavy atom. The number of nitrogens with zero attached hydrogens (tertiary/aromatic N) is 2.